The Balaban J connectivity index is 1.46. The molecule has 0 radical (unpaired) electrons. The molecule has 0 spiro atoms. The first-order valence-corrected chi connectivity index (χ1v) is 10.3. The number of benzene rings is 1. The lowest BCUT2D eigenvalue weighted by Gasteiger charge is -2.07. The Bertz CT molecular complexity index is 829. The zero-order chi connectivity index (χ0) is 18.0. The van der Waals surface area contributed by atoms with Crippen molar-refractivity contribution in [1.29, 1.82) is 0 Å². The molecule has 0 aliphatic carbocycles. The van der Waals surface area contributed by atoms with Gasteiger partial charge in [-0.05, 0) is 42.0 Å². The number of carbonyl (C=O) groups is 1. The van der Waals surface area contributed by atoms with Gasteiger partial charge in [-0.15, -0.1) is 23.5 Å². The molecule has 3 aromatic rings. The average Bonchev–Trinajstić information content (AvgIpc) is 2.68. The summed E-state index contributed by atoms with van der Waals surface area (Å²) in [4.78, 5) is 20.7. The summed E-state index contributed by atoms with van der Waals surface area (Å²) in [5, 5.41) is 3.96. The molecule has 1 aromatic carbocycles. The largest absolute Gasteiger partial charge is 0.325 e. The van der Waals surface area contributed by atoms with E-state index in [4.69, 9.17) is 0 Å². The van der Waals surface area contributed by atoms with Crippen LogP contribution in [0.2, 0.25) is 0 Å². The SMILES string of the molecule is O=C(CSCc1ccccn1)Nc1cccc(CSc2ccccn2)c1. The summed E-state index contributed by atoms with van der Waals surface area (Å²) in [5.41, 5.74) is 2.96. The zero-order valence-corrected chi connectivity index (χ0v) is 15.8. The van der Waals surface area contributed by atoms with Crippen LogP contribution in [-0.4, -0.2) is 21.6 Å². The van der Waals surface area contributed by atoms with Crippen LogP contribution in [0.3, 0.4) is 0 Å². The Morgan fingerprint density at radius 1 is 0.923 bits per heavy atom. The second-order valence-corrected chi connectivity index (χ2v) is 7.50. The first-order chi connectivity index (χ1) is 12.8. The van der Waals surface area contributed by atoms with Crippen molar-refractivity contribution in [2.45, 2.75) is 16.5 Å². The van der Waals surface area contributed by atoms with Crippen LogP contribution in [0.4, 0.5) is 5.69 Å². The molecule has 4 nitrogen and oxygen atoms in total. The smallest absolute Gasteiger partial charge is 0.234 e. The summed E-state index contributed by atoms with van der Waals surface area (Å²) in [6.45, 7) is 0. The van der Waals surface area contributed by atoms with E-state index in [1.54, 1.807) is 35.9 Å². The number of rotatable bonds is 8. The fourth-order valence-corrected chi connectivity index (χ4v) is 3.80. The Morgan fingerprint density at radius 3 is 2.54 bits per heavy atom. The molecular formula is C20H19N3OS2. The Kier molecular flexibility index (Phi) is 7.10. The molecule has 26 heavy (non-hydrogen) atoms. The van der Waals surface area contributed by atoms with Crippen LogP contribution in [0, 0.1) is 0 Å². The number of aromatic nitrogens is 2. The molecule has 0 fully saturated rings. The van der Waals surface area contributed by atoms with Gasteiger partial charge in [0.25, 0.3) is 0 Å². The number of nitrogens with zero attached hydrogens (tertiary/aromatic N) is 2. The predicted molar refractivity (Wildman–Crippen MR) is 109 cm³/mol. The van der Waals surface area contributed by atoms with Gasteiger partial charge in [-0.1, -0.05) is 24.3 Å². The van der Waals surface area contributed by atoms with E-state index in [1.807, 2.05) is 54.6 Å². The molecule has 0 saturated carbocycles. The highest BCUT2D eigenvalue weighted by molar-refractivity contribution is 7.99. The number of pyridine rings is 2. The number of nitrogens with one attached hydrogen (secondary N) is 1. The summed E-state index contributed by atoms with van der Waals surface area (Å²) in [6, 6.07) is 19.6. The molecule has 0 saturated heterocycles. The van der Waals surface area contributed by atoms with Crippen molar-refractivity contribution in [3.8, 4) is 0 Å². The summed E-state index contributed by atoms with van der Waals surface area (Å²) < 4.78 is 0. The van der Waals surface area contributed by atoms with Crippen molar-refractivity contribution in [2.24, 2.45) is 0 Å². The zero-order valence-electron chi connectivity index (χ0n) is 14.2. The third-order valence-electron chi connectivity index (χ3n) is 3.44. The van der Waals surface area contributed by atoms with Crippen molar-refractivity contribution in [3.05, 3.63) is 84.3 Å². The van der Waals surface area contributed by atoms with E-state index in [2.05, 4.69) is 21.4 Å². The van der Waals surface area contributed by atoms with Crippen LogP contribution >= 0.6 is 23.5 Å². The van der Waals surface area contributed by atoms with Gasteiger partial charge in [0, 0.05) is 29.6 Å². The van der Waals surface area contributed by atoms with Gasteiger partial charge in [0.05, 0.1) is 16.5 Å². The molecule has 2 aromatic heterocycles. The molecular weight excluding hydrogens is 362 g/mol. The minimum absolute atomic E-state index is 0.000426. The lowest BCUT2D eigenvalue weighted by atomic mass is 10.2. The molecule has 1 amide bonds. The highest BCUT2D eigenvalue weighted by Gasteiger charge is 2.05. The van der Waals surface area contributed by atoms with Crippen molar-refractivity contribution < 1.29 is 4.79 Å². The number of hydrogen-bond acceptors (Lipinski definition) is 5. The van der Waals surface area contributed by atoms with E-state index >= 15 is 0 Å². The van der Waals surface area contributed by atoms with Crippen LogP contribution in [0.5, 0.6) is 0 Å². The van der Waals surface area contributed by atoms with Gasteiger partial charge in [0.15, 0.2) is 0 Å². The normalized spacial score (nSPS) is 10.5. The van der Waals surface area contributed by atoms with Crippen LogP contribution in [0.1, 0.15) is 11.3 Å². The number of anilines is 1. The minimum atomic E-state index is 0.000426. The van der Waals surface area contributed by atoms with E-state index < -0.39 is 0 Å². The van der Waals surface area contributed by atoms with Crippen molar-refractivity contribution in [2.75, 3.05) is 11.1 Å². The maximum Gasteiger partial charge on any atom is 0.234 e. The fourth-order valence-electron chi connectivity index (χ4n) is 2.26. The van der Waals surface area contributed by atoms with E-state index in [1.165, 1.54) is 0 Å². The minimum Gasteiger partial charge on any atom is -0.325 e. The van der Waals surface area contributed by atoms with Crippen LogP contribution in [0.25, 0.3) is 0 Å². The summed E-state index contributed by atoms with van der Waals surface area (Å²) >= 11 is 3.24. The molecule has 6 heteroatoms. The van der Waals surface area contributed by atoms with Gasteiger partial charge in [0.2, 0.25) is 5.91 Å². The molecule has 0 unspecified atom stereocenters. The standard InChI is InChI=1S/C20H19N3OS2/c24-19(15-25-14-18-7-1-3-10-21-18)23-17-8-5-6-16(12-17)13-26-20-9-2-4-11-22-20/h1-12H,13-15H2,(H,23,24). The number of thioether (sulfide) groups is 2. The Labute approximate surface area is 161 Å². The fraction of sp³-hybridized carbons (Fsp3) is 0.150. The lowest BCUT2D eigenvalue weighted by Crippen LogP contribution is -2.14. The van der Waals surface area contributed by atoms with E-state index in [0.717, 1.165) is 33.5 Å². The summed E-state index contributed by atoms with van der Waals surface area (Å²) in [6.07, 6.45) is 3.56. The summed E-state index contributed by atoms with van der Waals surface area (Å²) in [7, 11) is 0. The van der Waals surface area contributed by atoms with Gasteiger partial charge < -0.3 is 5.32 Å². The quantitative estimate of drug-likeness (QED) is 0.576. The highest BCUT2D eigenvalue weighted by atomic mass is 32.2. The van der Waals surface area contributed by atoms with Crippen LogP contribution in [0.15, 0.2) is 78.1 Å². The molecule has 0 aliphatic rings. The van der Waals surface area contributed by atoms with Crippen molar-refractivity contribution >= 4 is 35.1 Å². The van der Waals surface area contributed by atoms with Gasteiger partial charge >= 0.3 is 0 Å². The lowest BCUT2D eigenvalue weighted by molar-refractivity contribution is -0.113. The Hall–Kier alpha value is -2.31. The molecule has 3 rings (SSSR count). The van der Waals surface area contributed by atoms with E-state index in [-0.39, 0.29) is 5.91 Å². The van der Waals surface area contributed by atoms with Crippen molar-refractivity contribution in [1.82, 2.24) is 9.97 Å². The number of amides is 1. The molecule has 1 N–H and O–H groups in total. The monoisotopic (exact) mass is 381 g/mol. The third kappa shape index (κ3) is 6.20. The predicted octanol–water partition coefficient (Wildman–Crippen LogP) is 4.64. The molecule has 132 valence electrons. The third-order valence-corrected chi connectivity index (χ3v) is 5.43. The maximum atomic E-state index is 12.1. The number of hydrogen-bond donors (Lipinski definition) is 1. The average molecular weight is 382 g/mol. The Morgan fingerprint density at radius 2 is 1.77 bits per heavy atom. The second kappa shape index (κ2) is 9.99. The first-order valence-electron chi connectivity index (χ1n) is 8.20. The van der Waals surface area contributed by atoms with E-state index in [0.29, 0.717) is 5.75 Å². The van der Waals surface area contributed by atoms with E-state index in [9.17, 15) is 4.79 Å². The highest BCUT2D eigenvalue weighted by Crippen LogP contribution is 2.22. The summed E-state index contributed by atoms with van der Waals surface area (Å²) in [5.74, 6) is 1.95. The molecule has 0 aliphatic heterocycles. The molecule has 0 bridgehead atoms. The molecule has 0 atom stereocenters. The topological polar surface area (TPSA) is 54.9 Å². The first kappa shape index (κ1) is 18.5. The van der Waals surface area contributed by atoms with Gasteiger partial charge in [-0.2, -0.15) is 0 Å². The number of carbonyl (C=O) groups excluding carboxylic acids is 1. The maximum absolute atomic E-state index is 12.1. The van der Waals surface area contributed by atoms with Crippen molar-refractivity contribution in [3.63, 3.8) is 0 Å². The van der Waals surface area contributed by atoms with Gasteiger partial charge in [-0.3, -0.25) is 9.78 Å². The second-order valence-electron chi connectivity index (χ2n) is 5.52. The van der Waals surface area contributed by atoms with Crippen LogP contribution in [-0.2, 0) is 16.3 Å². The van der Waals surface area contributed by atoms with Gasteiger partial charge in [-0.25, -0.2) is 4.98 Å². The van der Waals surface area contributed by atoms with Gasteiger partial charge in [0.1, 0.15) is 0 Å². The van der Waals surface area contributed by atoms with Crippen LogP contribution < -0.4 is 5.32 Å². The molecule has 2 heterocycles.